The summed E-state index contributed by atoms with van der Waals surface area (Å²) in [6.07, 6.45) is 0.543. The van der Waals surface area contributed by atoms with Crippen molar-refractivity contribution in [1.29, 1.82) is 0 Å². The van der Waals surface area contributed by atoms with Crippen LogP contribution in [0.25, 0.3) is 0 Å². The van der Waals surface area contributed by atoms with E-state index in [2.05, 4.69) is 0 Å². The summed E-state index contributed by atoms with van der Waals surface area (Å²) in [5.74, 6) is 2.28. The maximum Gasteiger partial charge on any atom is 0.310 e. The van der Waals surface area contributed by atoms with Crippen LogP contribution in [-0.2, 0) is 16.0 Å². The molecule has 0 aromatic heterocycles. The molecule has 30 heavy (non-hydrogen) atoms. The third-order valence-electron chi connectivity index (χ3n) is 5.42. The molecule has 2 heterocycles. The third kappa shape index (κ3) is 3.38. The minimum atomic E-state index is -0.328. The summed E-state index contributed by atoms with van der Waals surface area (Å²) in [6, 6.07) is 9.01. The van der Waals surface area contributed by atoms with Gasteiger partial charge in [0.25, 0.3) is 0 Å². The fraction of sp³-hybridized carbons (Fsp3) is 0.364. The molecule has 0 saturated carbocycles. The number of para-hydroxylation sites is 1. The van der Waals surface area contributed by atoms with E-state index >= 15 is 0 Å². The van der Waals surface area contributed by atoms with Crippen LogP contribution < -0.4 is 23.7 Å². The predicted octanol–water partition coefficient (Wildman–Crippen LogP) is 2.66. The molecule has 0 spiro atoms. The quantitative estimate of drug-likeness (QED) is 0.709. The first-order chi connectivity index (χ1) is 14.6. The number of rotatable bonds is 3. The summed E-state index contributed by atoms with van der Waals surface area (Å²) in [7, 11) is 4.77. The van der Waals surface area contributed by atoms with Crippen LogP contribution in [0.1, 0.15) is 15.9 Å². The summed E-state index contributed by atoms with van der Waals surface area (Å²) in [4.78, 5) is 23.9. The van der Waals surface area contributed by atoms with Gasteiger partial charge >= 0.3 is 5.97 Å². The van der Waals surface area contributed by atoms with E-state index in [1.807, 2.05) is 18.2 Å². The van der Waals surface area contributed by atoms with Crippen LogP contribution >= 0.6 is 0 Å². The van der Waals surface area contributed by atoms with Gasteiger partial charge in [-0.05, 0) is 36.2 Å². The number of Topliss-reactive ketones (excluding diaryl/α,β-unsaturated/α-hetero) is 1. The number of carbonyl (C=O) groups is 2. The highest BCUT2D eigenvalue weighted by atomic mass is 16.7. The Kier molecular flexibility index (Phi) is 5.39. The van der Waals surface area contributed by atoms with Crippen molar-refractivity contribution in [3.63, 3.8) is 0 Å². The van der Waals surface area contributed by atoms with E-state index < -0.39 is 0 Å². The van der Waals surface area contributed by atoms with Gasteiger partial charge in [-0.1, -0.05) is 6.07 Å². The molecule has 0 radical (unpaired) electrons. The number of ether oxygens (including phenoxy) is 6. The zero-order valence-corrected chi connectivity index (χ0v) is 16.9. The normalized spacial score (nSPS) is 20.4. The van der Waals surface area contributed by atoms with Crippen LogP contribution in [0, 0.1) is 11.8 Å². The molecule has 2 atom stereocenters. The van der Waals surface area contributed by atoms with E-state index in [4.69, 9.17) is 28.4 Å². The summed E-state index contributed by atoms with van der Waals surface area (Å²) in [5, 5.41) is 0. The molecule has 158 valence electrons. The second kappa shape index (κ2) is 8.14. The first-order valence-electron chi connectivity index (χ1n) is 9.45. The van der Waals surface area contributed by atoms with Gasteiger partial charge in [-0.15, -0.1) is 0 Å². The monoisotopic (exact) mass is 414 g/mol. The molecule has 0 N–H and O–H groups in total. The molecule has 8 heteroatoms. The van der Waals surface area contributed by atoms with Gasteiger partial charge in [0.1, 0.15) is 6.61 Å². The molecule has 0 amide bonds. The molecule has 1 fully saturated rings. The third-order valence-corrected chi connectivity index (χ3v) is 5.42. The van der Waals surface area contributed by atoms with Crippen molar-refractivity contribution < 1.29 is 38.0 Å². The van der Waals surface area contributed by atoms with E-state index in [1.165, 1.54) is 0 Å². The van der Waals surface area contributed by atoms with Crippen molar-refractivity contribution in [1.82, 2.24) is 0 Å². The highest BCUT2D eigenvalue weighted by Crippen LogP contribution is 2.42. The molecule has 2 aromatic rings. The largest absolute Gasteiger partial charge is 0.493 e. The highest BCUT2D eigenvalue weighted by Gasteiger charge is 2.46. The predicted molar refractivity (Wildman–Crippen MR) is 105 cm³/mol. The van der Waals surface area contributed by atoms with Crippen LogP contribution in [0.3, 0.4) is 0 Å². The van der Waals surface area contributed by atoms with E-state index in [0.717, 1.165) is 5.56 Å². The van der Waals surface area contributed by atoms with E-state index in [-0.39, 0.29) is 37.0 Å². The lowest BCUT2D eigenvalue weighted by molar-refractivity contribution is -0.141. The summed E-state index contributed by atoms with van der Waals surface area (Å²) >= 11 is 0. The summed E-state index contributed by atoms with van der Waals surface area (Å²) in [5.41, 5.74) is 1.49. The van der Waals surface area contributed by atoms with Gasteiger partial charge in [0.05, 0.1) is 33.2 Å². The number of hydrogen-bond acceptors (Lipinski definition) is 8. The molecule has 1 aliphatic carbocycles. The Balaban J connectivity index is 0.000000159. The Morgan fingerprint density at radius 1 is 0.867 bits per heavy atom. The molecule has 2 aromatic carbocycles. The number of hydrogen-bond donors (Lipinski definition) is 0. The smallest absolute Gasteiger partial charge is 0.310 e. The number of esters is 1. The number of carbonyl (C=O) groups excluding carboxylic acids is 2. The van der Waals surface area contributed by atoms with Crippen LogP contribution in [-0.4, -0.2) is 46.5 Å². The van der Waals surface area contributed by atoms with Gasteiger partial charge in [0, 0.05) is 5.56 Å². The maximum absolute atomic E-state index is 12.3. The first kappa shape index (κ1) is 19.9. The van der Waals surface area contributed by atoms with E-state index in [1.54, 1.807) is 33.5 Å². The summed E-state index contributed by atoms with van der Waals surface area (Å²) in [6.45, 7) is 0.386. The van der Waals surface area contributed by atoms with Crippen molar-refractivity contribution in [2.45, 2.75) is 6.42 Å². The second-order valence-corrected chi connectivity index (χ2v) is 6.97. The maximum atomic E-state index is 12.3. The fourth-order valence-electron chi connectivity index (χ4n) is 3.88. The lowest BCUT2D eigenvalue weighted by Gasteiger charge is -2.23. The van der Waals surface area contributed by atoms with E-state index in [0.29, 0.717) is 40.7 Å². The number of cyclic esters (lactones) is 1. The Bertz CT molecular complexity index is 961. The van der Waals surface area contributed by atoms with E-state index in [9.17, 15) is 9.59 Å². The summed E-state index contributed by atoms with van der Waals surface area (Å²) < 4.78 is 30.8. The van der Waals surface area contributed by atoms with Gasteiger partial charge in [0.2, 0.25) is 12.5 Å². The van der Waals surface area contributed by atoms with Gasteiger partial charge < -0.3 is 28.4 Å². The standard InChI is InChI=1S/C13H10O5.C9H12O3/c14-12-7-3-11-10(17-5-18-11)2-6(7)1-8-9(12)4-16-13(8)15;1-10-7-5-4-6-8(11-2)9(7)12-3/h2-3,8-9H,1,4-5H2;4-6H,1-3H3. The average Bonchev–Trinajstić information content (AvgIpc) is 3.38. The molecule has 3 aliphatic rings. The second-order valence-electron chi connectivity index (χ2n) is 6.97. The van der Waals surface area contributed by atoms with Crippen LogP contribution in [0.4, 0.5) is 0 Å². The molecule has 1 saturated heterocycles. The molecule has 5 rings (SSSR count). The molecule has 2 aliphatic heterocycles. The van der Waals surface area contributed by atoms with Crippen LogP contribution in [0.5, 0.6) is 28.7 Å². The molecule has 8 nitrogen and oxygen atoms in total. The van der Waals surface area contributed by atoms with Gasteiger partial charge in [-0.2, -0.15) is 0 Å². The fourth-order valence-corrected chi connectivity index (χ4v) is 3.88. The molecule has 2 unspecified atom stereocenters. The number of ketones is 1. The molecule has 0 bridgehead atoms. The molecular weight excluding hydrogens is 392 g/mol. The van der Waals surface area contributed by atoms with Crippen LogP contribution in [0.2, 0.25) is 0 Å². The molecular formula is C22H22O8. The minimum absolute atomic E-state index is 0.0228. The van der Waals surface area contributed by atoms with Crippen molar-refractivity contribution in [2.24, 2.45) is 11.8 Å². The highest BCUT2D eigenvalue weighted by molar-refractivity contribution is 6.04. The number of benzene rings is 2. The zero-order chi connectivity index (χ0) is 21.3. The van der Waals surface area contributed by atoms with Gasteiger partial charge in [-0.25, -0.2) is 0 Å². The Morgan fingerprint density at radius 2 is 1.53 bits per heavy atom. The van der Waals surface area contributed by atoms with Crippen LogP contribution in [0.15, 0.2) is 30.3 Å². The lowest BCUT2D eigenvalue weighted by atomic mass is 9.76. The number of methoxy groups -OCH3 is 3. The minimum Gasteiger partial charge on any atom is -0.493 e. The Hall–Kier alpha value is -3.42. The Morgan fingerprint density at radius 3 is 2.17 bits per heavy atom. The van der Waals surface area contributed by atoms with Crippen molar-refractivity contribution in [3.05, 3.63) is 41.5 Å². The Labute approximate surface area is 173 Å². The van der Waals surface area contributed by atoms with Gasteiger partial charge in [0.15, 0.2) is 28.8 Å². The number of fused-ring (bicyclic) bond motifs is 3. The SMILES string of the molecule is COc1cccc(OC)c1OC.O=C1OCC2C(=O)c3cc4c(cc3CC12)OCO4. The average molecular weight is 414 g/mol. The van der Waals surface area contributed by atoms with Crippen molar-refractivity contribution >= 4 is 11.8 Å². The van der Waals surface area contributed by atoms with Gasteiger partial charge in [-0.3, -0.25) is 9.59 Å². The van der Waals surface area contributed by atoms with Crippen molar-refractivity contribution in [3.8, 4) is 28.7 Å². The first-order valence-corrected chi connectivity index (χ1v) is 9.45. The van der Waals surface area contributed by atoms with Crippen molar-refractivity contribution in [2.75, 3.05) is 34.7 Å². The lowest BCUT2D eigenvalue weighted by Crippen LogP contribution is -2.31. The topological polar surface area (TPSA) is 89.5 Å². The zero-order valence-electron chi connectivity index (χ0n) is 16.9.